The van der Waals surface area contributed by atoms with Gasteiger partial charge >= 0.3 is 12.0 Å². The molecule has 0 aliphatic rings. The zero-order valence-electron chi connectivity index (χ0n) is 10.3. The van der Waals surface area contributed by atoms with E-state index in [-0.39, 0.29) is 0 Å². The molecule has 0 fully saturated rings. The first kappa shape index (κ1) is 14.9. The number of amides is 2. The van der Waals surface area contributed by atoms with Crippen LogP contribution in [0.1, 0.15) is 6.92 Å². The molecule has 0 bridgehead atoms. The fraction of sp³-hybridized carbons (Fsp3) is 0.231. The molecule has 0 saturated heterocycles. The van der Waals surface area contributed by atoms with E-state index in [1.54, 1.807) is 31.2 Å². The lowest BCUT2D eigenvalue weighted by molar-refractivity contribution is -0.135. The number of rotatable bonds is 4. The Morgan fingerprint density at radius 2 is 2.05 bits per heavy atom. The first-order valence-electron chi connectivity index (χ1n) is 5.45. The molecule has 1 unspecified atom stereocenters. The number of urea groups is 1. The fourth-order valence-corrected chi connectivity index (χ4v) is 1.47. The molecule has 0 saturated carbocycles. The van der Waals surface area contributed by atoms with Crippen LogP contribution >= 0.6 is 11.6 Å². The second-order valence-electron chi connectivity index (χ2n) is 3.79. The Hall–Kier alpha value is -2.19. The van der Waals surface area contributed by atoms with Crippen molar-refractivity contribution in [3.05, 3.63) is 29.3 Å². The molecular formula is C13H13ClN2O3. The van der Waals surface area contributed by atoms with E-state index >= 15 is 0 Å². The maximum atomic E-state index is 12.0. The molecule has 5 nitrogen and oxygen atoms in total. The number of nitrogens with zero attached hydrogens (tertiary/aromatic N) is 1. The third-order valence-corrected chi connectivity index (χ3v) is 2.52. The van der Waals surface area contributed by atoms with Crippen molar-refractivity contribution in [3.63, 3.8) is 0 Å². The molecule has 100 valence electrons. The largest absolute Gasteiger partial charge is 0.480 e. The van der Waals surface area contributed by atoms with Crippen molar-refractivity contribution in [1.29, 1.82) is 0 Å². The Labute approximate surface area is 116 Å². The smallest absolute Gasteiger partial charge is 0.323 e. The van der Waals surface area contributed by atoms with Gasteiger partial charge in [-0.2, -0.15) is 0 Å². The highest BCUT2D eigenvalue weighted by atomic mass is 35.5. The Morgan fingerprint density at radius 3 is 2.53 bits per heavy atom. The molecule has 0 radical (unpaired) electrons. The minimum absolute atomic E-state index is 0.425. The number of aliphatic carboxylic acids is 1. The second-order valence-corrected chi connectivity index (χ2v) is 4.23. The summed E-state index contributed by atoms with van der Waals surface area (Å²) in [5.41, 5.74) is 0.425. The van der Waals surface area contributed by atoms with Crippen molar-refractivity contribution in [2.75, 3.05) is 11.4 Å². The Balaban J connectivity index is 2.94. The van der Waals surface area contributed by atoms with Gasteiger partial charge in [-0.1, -0.05) is 17.5 Å². The van der Waals surface area contributed by atoms with Crippen LogP contribution in [0.2, 0.25) is 5.02 Å². The molecule has 1 rings (SSSR count). The van der Waals surface area contributed by atoms with Crippen LogP contribution in [0.4, 0.5) is 10.5 Å². The highest BCUT2D eigenvalue weighted by Crippen LogP contribution is 2.18. The number of carbonyl (C=O) groups excluding carboxylic acids is 1. The zero-order valence-corrected chi connectivity index (χ0v) is 11.0. The van der Waals surface area contributed by atoms with Gasteiger partial charge in [0.2, 0.25) is 0 Å². The summed E-state index contributed by atoms with van der Waals surface area (Å²) in [7, 11) is 0. The first-order chi connectivity index (χ1) is 8.93. The van der Waals surface area contributed by atoms with E-state index in [1.165, 1.54) is 0 Å². The van der Waals surface area contributed by atoms with Gasteiger partial charge in [0.15, 0.2) is 0 Å². The number of carbonyl (C=O) groups is 2. The Morgan fingerprint density at radius 1 is 1.47 bits per heavy atom. The van der Waals surface area contributed by atoms with E-state index in [0.717, 1.165) is 4.90 Å². The number of hydrogen-bond donors (Lipinski definition) is 2. The van der Waals surface area contributed by atoms with Crippen molar-refractivity contribution >= 4 is 29.3 Å². The number of hydrogen-bond acceptors (Lipinski definition) is 2. The van der Waals surface area contributed by atoms with E-state index < -0.39 is 24.6 Å². The van der Waals surface area contributed by atoms with Crippen LogP contribution in [0.3, 0.4) is 0 Å². The number of benzene rings is 1. The summed E-state index contributed by atoms with van der Waals surface area (Å²) in [6.45, 7) is 1.16. The SMILES string of the molecule is C#CC(C)NC(=O)N(CC(=O)O)c1ccc(Cl)cc1. The lowest BCUT2D eigenvalue weighted by atomic mass is 10.3. The average Bonchev–Trinajstić information content (AvgIpc) is 2.36. The highest BCUT2D eigenvalue weighted by molar-refractivity contribution is 6.30. The van der Waals surface area contributed by atoms with Gasteiger partial charge < -0.3 is 10.4 Å². The summed E-state index contributed by atoms with van der Waals surface area (Å²) in [5.74, 6) is 1.21. The van der Waals surface area contributed by atoms with Crippen LogP contribution in [0.15, 0.2) is 24.3 Å². The van der Waals surface area contributed by atoms with Crippen molar-refractivity contribution in [3.8, 4) is 12.3 Å². The molecular weight excluding hydrogens is 268 g/mol. The third kappa shape index (κ3) is 4.53. The van der Waals surface area contributed by atoms with Crippen molar-refractivity contribution < 1.29 is 14.7 Å². The molecule has 1 atom stereocenters. The topological polar surface area (TPSA) is 69.6 Å². The maximum Gasteiger partial charge on any atom is 0.323 e. The molecule has 6 heteroatoms. The third-order valence-electron chi connectivity index (χ3n) is 2.27. The quantitative estimate of drug-likeness (QED) is 0.829. The normalized spacial score (nSPS) is 11.2. The Bertz CT molecular complexity index is 508. The number of carboxylic acid groups (broad SMARTS) is 1. The summed E-state index contributed by atoms with van der Waals surface area (Å²) in [6.07, 6.45) is 5.16. The minimum atomic E-state index is -1.13. The summed E-state index contributed by atoms with van der Waals surface area (Å²) < 4.78 is 0. The van der Waals surface area contributed by atoms with Crippen molar-refractivity contribution in [2.45, 2.75) is 13.0 Å². The molecule has 0 spiro atoms. The second kappa shape index (κ2) is 6.66. The Kier molecular flexibility index (Phi) is 5.22. The van der Waals surface area contributed by atoms with E-state index in [9.17, 15) is 9.59 Å². The predicted molar refractivity (Wildman–Crippen MR) is 73.3 cm³/mol. The zero-order chi connectivity index (χ0) is 14.4. The van der Waals surface area contributed by atoms with Gasteiger partial charge in [-0.25, -0.2) is 4.79 Å². The summed E-state index contributed by atoms with van der Waals surface area (Å²) in [5, 5.41) is 11.9. The van der Waals surface area contributed by atoms with Gasteiger partial charge in [-0.3, -0.25) is 9.69 Å². The number of carboxylic acids is 1. The van der Waals surface area contributed by atoms with Crippen LogP contribution < -0.4 is 10.2 Å². The van der Waals surface area contributed by atoms with Crippen LogP contribution in [0.5, 0.6) is 0 Å². The van der Waals surface area contributed by atoms with Crippen molar-refractivity contribution in [1.82, 2.24) is 5.32 Å². The van der Waals surface area contributed by atoms with Crippen LogP contribution in [-0.4, -0.2) is 29.7 Å². The molecule has 0 aliphatic heterocycles. The fourth-order valence-electron chi connectivity index (χ4n) is 1.34. The summed E-state index contributed by atoms with van der Waals surface area (Å²) in [6, 6.07) is 5.20. The molecule has 2 amide bonds. The standard InChI is InChI=1S/C13H13ClN2O3/c1-3-9(2)15-13(19)16(8-12(17)18)11-6-4-10(14)5-7-11/h1,4-7,9H,8H2,2H3,(H,15,19)(H,17,18). The van der Waals surface area contributed by atoms with Gasteiger partial charge in [0.05, 0.1) is 6.04 Å². The average molecular weight is 281 g/mol. The maximum absolute atomic E-state index is 12.0. The molecule has 1 aromatic carbocycles. The lowest BCUT2D eigenvalue weighted by Gasteiger charge is -2.22. The van der Waals surface area contributed by atoms with Crippen LogP contribution in [-0.2, 0) is 4.79 Å². The van der Waals surface area contributed by atoms with Gasteiger partial charge in [0.1, 0.15) is 6.54 Å². The van der Waals surface area contributed by atoms with Gasteiger partial charge in [-0.15, -0.1) is 6.42 Å². The molecule has 1 aromatic rings. The molecule has 0 heterocycles. The van der Waals surface area contributed by atoms with Gasteiger partial charge in [-0.05, 0) is 31.2 Å². The van der Waals surface area contributed by atoms with Gasteiger partial charge in [0, 0.05) is 10.7 Å². The van der Waals surface area contributed by atoms with Crippen LogP contribution in [0, 0.1) is 12.3 Å². The molecule has 2 N–H and O–H groups in total. The number of nitrogens with one attached hydrogen (secondary N) is 1. The monoisotopic (exact) mass is 280 g/mol. The van der Waals surface area contributed by atoms with E-state index in [1.807, 2.05) is 0 Å². The summed E-state index contributed by atoms with van der Waals surface area (Å²) >= 11 is 5.75. The lowest BCUT2D eigenvalue weighted by Crippen LogP contribution is -2.45. The van der Waals surface area contributed by atoms with Gasteiger partial charge in [0.25, 0.3) is 0 Å². The number of terminal acetylenes is 1. The highest BCUT2D eigenvalue weighted by Gasteiger charge is 2.19. The molecule has 19 heavy (non-hydrogen) atoms. The van der Waals surface area contributed by atoms with Crippen LogP contribution in [0.25, 0.3) is 0 Å². The number of anilines is 1. The molecule has 0 aromatic heterocycles. The van der Waals surface area contributed by atoms with E-state index in [4.69, 9.17) is 23.1 Å². The van der Waals surface area contributed by atoms with E-state index in [0.29, 0.717) is 10.7 Å². The number of halogens is 1. The first-order valence-corrected chi connectivity index (χ1v) is 5.83. The minimum Gasteiger partial charge on any atom is -0.480 e. The predicted octanol–water partition coefficient (Wildman–Crippen LogP) is 1.96. The summed E-state index contributed by atoms with van der Waals surface area (Å²) in [4.78, 5) is 23.9. The van der Waals surface area contributed by atoms with E-state index in [2.05, 4.69) is 11.2 Å². The van der Waals surface area contributed by atoms with Crippen molar-refractivity contribution in [2.24, 2.45) is 0 Å². The molecule has 0 aliphatic carbocycles.